The molecule has 0 aromatic heterocycles. The molecule has 0 aliphatic carbocycles. The van der Waals surface area contributed by atoms with E-state index in [9.17, 15) is 13.2 Å². The predicted octanol–water partition coefficient (Wildman–Crippen LogP) is 2.61. The van der Waals surface area contributed by atoms with E-state index in [1.54, 1.807) is 30.3 Å². The van der Waals surface area contributed by atoms with Gasteiger partial charge in [-0.2, -0.15) is 4.31 Å². The molecule has 2 aromatic rings. The van der Waals surface area contributed by atoms with Crippen molar-refractivity contribution >= 4 is 27.5 Å². The summed E-state index contributed by atoms with van der Waals surface area (Å²) in [4.78, 5) is 12.5. The number of nitrogens with one attached hydrogen (secondary N) is 1. The molecule has 1 aliphatic heterocycles. The van der Waals surface area contributed by atoms with Crippen LogP contribution in [0.25, 0.3) is 0 Å². The maximum atomic E-state index is 13.2. The maximum Gasteiger partial charge on any atom is 0.243 e. The van der Waals surface area contributed by atoms with E-state index >= 15 is 0 Å². The molecular weight excluding hydrogens is 404 g/mol. The van der Waals surface area contributed by atoms with Crippen LogP contribution in [-0.2, 0) is 14.8 Å². The molecule has 0 saturated heterocycles. The summed E-state index contributed by atoms with van der Waals surface area (Å²) in [7, 11) is -1.17. The van der Waals surface area contributed by atoms with Crippen molar-refractivity contribution < 1.29 is 22.7 Å². The Hall–Kier alpha value is -2.29. The number of hydrogen-bond acceptors (Lipinski definition) is 5. The molecule has 150 valence electrons. The lowest BCUT2D eigenvalue weighted by Crippen LogP contribution is -2.40. The van der Waals surface area contributed by atoms with Crippen LogP contribution in [0.15, 0.2) is 47.4 Å². The van der Waals surface area contributed by atoms with Crippen molar-refractivity contribution in [3.05, 3.63) is 53.1 Å². The van der Waals surface area contributed by atoms with Crippen LogP contribution in [0.2, 0.25) is 5.02 Å². The standard InChI is InChI=1S/C19H21ClN2O5S/c1-21-19(23)18(13-4-6-14(20)7-5-13)22(2)28(24,25)15-8-9-16-17(12-15)27-11-3-10-26-16/h4-9,12,18H,3,10-11H2,1-2H3,(H,21,23)/t18-/m0/s1. The van der Waals surface area contributed by atoms with Gasteiger partial charge in [-0.3, -0.25) is 4.79 Å². The lowest BCUT2D eigenvalue weighted by molar-refractivity contribution is -0.124. The molecule has 0 unspecified atom stereocenters. The minimum Gasteiger partial charge on any atom is -0.490 e. The van der Waals surface area contributed by atoms with Gasteiger partial charge in [0.05, 0.1) is 18.1 Å². The SMILES string of the molecule is CNC(=O)[C@H](c1ccc(Cl)cc1)N(C)S(=O)(=O)c1ccc2c(c1)OCCCO2. The van der Waals surface area contributed by atoms with Crippen LogP contribution in [0.5, 0.6) is 11.5 Å². The van der Waals surface area contributed by atoms with Crippen molar-refractivity contribution in [3.8, 4) is 11.5 Å². The van der Waals surface area contributed by atoms with Gasteiger partial charge in [0.2, 0.25) is 15.9 Å². The number of carbonyl (C=O) groups is 1. The Morgan fingerprint density at radius 3 is 2.39 bits per heavy atom. The predicted molar refractivity (Wildman–Crippen MR) is 105 cm³/mol. The van der Waals surface area contributed by atoms with E-state index in [0.29, 0.717) is 41.7 Å². The minimum absolute atomic E-state index is 0.0158. The first kappa shape index (κ1) is 20.4. The third-order valence-electron chi connectivity index (χ3n) is 4.44. The number of halogens is 1. The Balaban J connectivity index is 1.99. The zero-order valence-electron chi connectivity index (χ0n) is 15.5. The summed E-state index contributed by atoms with van der Waals surface area (Å²) in [5.41, 5.74) is 0.504. The summed E-state index contributed by atoms with van der Waals surface area (Å²) >= 11 is 5.92. The molecule has 1 atom stereocenters. The second kappa shape index (κ2) is 8.38. The lowest BCUT2D eigenvalue weighted by atomic mass is 10.1. The van der Waals surface area contributed by atoms with Gasteiger partial charge in [0.25, 0.3) is 0 Å². The number of carbonyl (C=O) groups excluding carboxylic acids is 1. The van der Waals surface area contributed by atoms with Crippen molar-refractivity contribution in [3.63, 3.8) is 0 Å². The molecule has 0 spiro atoms. The van der Waals surface area contributed by atoms with Gasteiger partial charge in [0.1, 0.15) is 6.04 Å². The fraction of sp³-hybridized carbons (Fsp3) is 0.316. The zero-order chi connectivity index (χ0) is 20.3. The second-order valence-corrected chi connectivity index (χ2v) is 8.68. The first-order valence-corrected chi connectivity index (χ1v) is 10.5. The highest BCUT2D eigenvalue weighted by Crippen LogP contribution is 2.34. The Kier molecular flexibility index (Phi) is 6.12. The quantitative estimate of drug-likeness (QED) is 0.797. The molecule has 1 N–H and O–H groups in total. The fourth-order valence-corrected chi connectivity index (χ4v) is 4.37. The summed E-state index contributed by atoms with van der Waals surface area (Å²) in [6.45, 7) is 0.951. The number of sulfonamides is 1. The average Bonchev–Trinajstić information content (AvgIpc) is 2.94. The van der Waals surface area contributed by atoms with Crippen molar-refractivity contribution in [1.82, 2.24) is 9.62 Å². The summed E-state index contributed by atoms with van der Waals surface area (Å²) < 4.78 is 38.6. The second-order valence-electron chi connectivity index (χ2n) is 6.25. The van der Waals surface area contributed by atoms with Gasteiger partial charge in [-0.15, -0.1) is 0 Å². The lowest BCUT2D eigenvalue weighted by Gasteiger charge is -2.27. The minimum atomic E-state index is -3.99. The van der Waals surface area contributed by atoms with E-state index in [2.05, 4.69) is 5.32 Å². The molecule has 0 saturated carbocycles. The number of rotatable bonds is 5. The fourth-order valence-electron chi connectivity index (χ4n) is 2.92. The number of ether oxygens (including phenoxy) is 2. The number of likely N-dealkylation sites (N-methyl/N-ethyl adjacent to an activating group) is 2. The molecule has 9 heteroatoms. The van der Waals surface area contributed by atoms with E-state index in [1.165, 1.54) is 26.2 Å². The highest BCUT2D eigenvalue weighted by Gasteiger charge is 2.34. The van der Waals surface area contributed by atoms with E-state index in [1.807, 2.05) is 0 Å². The molecule has 7 nitrogen and oxygen atoms in total. The van der Waals surface area contributed by atoms with E-state index in [-0.39, 0.29) is 4.90 Å². The van der Waals surface area contributed by atoms with Crippen molar-refractivity contribution in [2.24, 2.45) is 0 Å². The Morgan fingerprint density at radius 1 is 1.11 bits per heavy atom. The molecule has 2 aromatic carbocycles. The van der Waals surface area contributed by atoms with Gasteiger partial charge in [-0.05, 0) is 29.8 Å². The van der Waals surface area contributed by atoms with Gasteiger partial charge in [-0.1, -0.05) is 23.7 Å². The van der Waals surface area contributed by atoms with Crippen molar-refractivity contribution in [1.29, 1.82) is 0 Å². The number of fused-ring (bicyclic) bond motifs is 1. The first-order chi connectivity index (χ1) is 13.3. The Morgan fingerprint density at radius 2 is 1.75 bits per heavy atom. The number of benzene rings is 2. The summed E-state index contributed by atoms with van der Waals surface area (Å²) in [6, 6.07) is 9.87. The zero-order valence-corrected chi connectivity index (χ0v) is 17.1. The van der Waals surface area contributed by atoms with Crippen LogP contribution < -0.4 is 14.8 Å². The van der Waals surface area contributed by atoms with Crippen molar-refractivity contribution in [2.75, 3.05) is 27.3 Å². The highest BCUT2D eigenvalue weighted by atomic mass is 35.5. The van der Waals surface area contributed by atoms with Gasteiger partial charge in [-0.25, -0.2) is 8.42 Å². The highest BCUT2D eigenvalue weighted by molar-refractivity contribution is 7.89. The van der Waals surface area contributed by atoms with E-state index in [4.69, 9.17) is 21.1 Å². The summed E-state index contributed by atoms with van der Waals surface area (Å²) in [5, 5.41) is 3.01. The normalized spacial score (nSPS) is 15.0. The number of hydrogen-bond donors (Lipinski definition) is 1. The number of amides is 1. The summed E-state index contributed by atoms with van der Waals surface area (Å²) in [6.07, 6.45) is 0.714. The van der Waals surface area contributed by atoms with E-state index < -0.39 is 22.0 Å². The first-order valence-electron chi connectivity index (χ1n) is 8.69. The average molecular weight is 425 g/mol. The molecule has 28 heavy (non-hydrogen) atoms. The largest absolute Gasteiger partial charge is 0.490 e. The van der Waals surface area contributed by atoms with Crippen LogP contribution in [0.1, 0.15) is 18.0 Å². The molecule has 0 bridgehead atoms. The van der Waals surface area contributed by atoms with Crippen LogP contribution in [0, 0.1) is 0 Å². The molecule has 1 heterocycles. The van der Waals surface area contributed by atoms with Crippen LogP contribution in [-0.4, -0.2) is 45.9 Å². The van der Waals surface area contributed by atoms with Crippen molar-refractivity contribution in [2.45, 2.75) is 17.4 Å². The topological polar surface area (TPSA) is 84.9 Å². The third kappa shape index (κ3) is 4.09. The Labute approximate surface area is 169 Å². The van der Waals surface area contributed by atoms with Gasteiger partial charge in [0.15, 0.2) is 11.5 Å². The van der Waals surface area contributed by atoms with E-state index in [0.717, 1.165) is 4.31 Å². The van der Waals surface area contributed by atoms with Crippen LogP contribution in [0.3, 0.4) is 0 Å². The molecule has 0 radical (unpaired) electrons. The smallest absolute Gasteiger partial charge is 0.243 e. The number of nitrogens with zero attached hydrogens (tertiary/aromatic N) is 1. The maximum absolute atomic E-state index is 13.2. The van der Waals surface area contributed by atoms with Crippen LogP contribution in [0.4, 0.5) is 0 Å². The molecule has 0 fully saturated rings. The summed E-state index contributed by atoms with van der Waals surface area (Å²) in [5.74, 6) is 0.414. The molecule has 1 amide bonds. The Bertz CT molecular complexity index is 963. The monoisotopic (exact) mass is 424 g/mol. The third-order valence-corrected chi connectivity index (χ3v) is 6.51. The molecular formula is C19H21ClN2O5S. The van der Waals surface area contributed by atoms with Gasteiger partial charge >= 0.3 is 0 Å². The van der Waals surface area contributed by atoms with Gasteiger partial charge in [0, 0.05) is 31.6 Å². The molecule has 1 aliphatic rings. The van der Waals surface area contributed by atoms with Crippen LogP contribution >= 0.6 is 11.6 Å². The molecule has 3 rings (SSSR count). The van der Waals surface area contributed by atoms with Gasteiger partial charge < -0.3 is 14.8 Å².